The van der Waals surface area contributed by atoms with E-state index in [9.17, 15) is 13.2 Å². The van der Waals surface area contributed by atoms with E-state index in [4.69, 9.17) is 5.14 Å². The summed E-state index contributed by atoms with van der Waals surface area (Å²) in [5, 5.41) is 11.7. The third-order valence-electron chi connectivity index (χ3n) is 6.85. The van der Waals surface area contributed by atoms with Crippen LogP contribution in [-0.2, 0) is 22.9 Å². The minimum atomic E-state index is -3.76. The highest BCUT2D eigenvalue weighted by Crippen LogP contribution is 2.30. The van der Waals surface area contributed by atoms with Crippen LogP contribution in [0.3, 0.4) is 0 Å². The predicted octanol–water partition coefficient (Wildman–Crippen LogP) is 3.11. The van der Waals surface area contributed by atoms with Gasteiger partial charge in [-0.3, -0.25) is 4.98 Å². The van der Waals surface area contributed by atoms with Crippen molar-refractivity contribution in [2.24, 2.45) is 5.14 Å². The maximum atomic E-state index is 12.8. The Morgan fingerprint density at radius 1 is 1.12 bits per heavy atom. The molecule has 1 atom stereocenters. The van der Waals surface area contributed by atoms with Gasteiger partial charge in [0.1, 0.15) is 0 Å². The number of carbonyl (C=O) groups is 1. The fraction of sp³-hybridized carbons (Fsp3) is 0.520. The molecule has 1 aliphatic heterocycles. The molecular formula is C25H35N5O3S. The molecule has 2 amide bonds. The van der Waals surface area contributed by atoms with Gasteiger partial charge in [0.2, 0.25) is 10.0 Å². The Labute approximate surface area is 202 Å². The van der Waals surface area contributed by atoms with Gasteiger partial charge in [-0.15, -0.1) is 0 Å². The second-order valence-electron chi connectivity index (χ2n) is 9.42. The average molecular weight is 486 g/mol. The molecule has 34 heavy (non-hydrogen) atoms. The predicted molar refractivity (Wildman–Crippen MR) is 133 cm³/mol. The van der Waals surface area contributed by atoms with Gasteiger partial charge in [-0.05, 0) is 73.9 Å². The largest absolute Gasteiger partial charge is 0.371 e. The van der Waals surface area contributed by atoms with Gasteiger partial charge in [0.15, 0.2) is 0 Å². The van der Waals surface area contributed by atoms with Gasteiger partial charge in [0.25, 0.3) is 0 Å². The number of pyridine rings is 1. The Kier molecular flexibility index (Phi) is 8.05. The molecule has 1 saturated carbocycles. The Hall–Kier alpha value is -2.65. The van der Waals surface area contributed by atoms with Crippen LogP contribution in [0.2, 0.25) is 0 Å². The van der Waals surface area contributed by atoms with Gasteiger partial charge >= 0.3 is 6.03 Å². The van der Waals surface area contributed by atoms with Crippen molar-refractivity contribution in [2.75, 3.05) is 18.0 Å². The van der Waals surface area contributed by atoms with Crippen molar-refractivity contribution in [2.45, 2.75) is 74.8 Å². The number of rotatable bonds is 8. The van der Waals surface area contributed by atoms with Crippen LogP contribution in [0.5, 0.6) is 0 Å². The number of anilines is 1. The molecule has 2 aliphatic rings. The van der Waals surface area contributed by atoms with E-state index in [1.54, 1.807) is 24.5 Å². The Morgan fingerprint density at radius 3 is 2.62 bits per heavy atom. The zero-order valence-corrected chi connectivity index (χ0v) is 20.4. The van der Waals surface area contributed by atoms with Crippen molar-refractivity contribution < 1.29 is 13.2 Å². The first-order valence-electron chi connectivity index (χ1n) is 12.2. The molecule has 1 aromatic heterocycles. The summed E-state index contributed by atoms with van der Waals surface area (Å²) in [5.41, 5.74) is 3.17. The summed E-state index contributed by atoms with van der Waals surface area (Å²) >= 11 is 0. The Bertz CT molecular complexity index is 1070. The van der Waals surface area contributed by atoms with Gasteiger partial charge in [0.05, 0.1) is 4.90 Å². The number of hydrogen-bond donors (Lipinski definition) is 3. The van der Waals surface area contributed by atoms with Crippen LogP contribution in [0.1, 0.15) is 56.1 Å². The molecule has 0 bridgehead atoms. The molecule has 0 radical (unpaired) electrons. The molecule has 1 aliphatic carbocycles. The van der Waals surface area contributed by atoms with Crippen LogP contribution >= 0.6 is 0 Å². The number of nitrogens with one attached hydrogen (secondary N) is 2. The van der Waals surface area contributed by atoms with Crippen LogP contribution in [0, 0.1) is 0 Å². The molecule has 8 nitrogen and oxygen atoms in total. The van der Waals surface area contributed by atoms with Gasteiger partial charge in [-0.25, -0.2) is 18.4 Å². The number of fused-ring (bicyclic) bond motifs is 1. The molecule has 1 fully saturated rings. The highest BCUT2D eigenvalue weighted by atomic mass is 32.2. The fourth-order valence-corrected chi connectivity index (χ4v) is 5.57. The van der Waals surface area contributed by atoms with Gasteiger partial charge in [0, 0.05) is 43.3 Å². The van der Waals surface area contributed by atoms with Crippen LogP contribution in [0.25, 0.3) is 0 Å². The van der Waals surface area contributed by atoms with E-state index < -0.39 is 10.0 Å². The van der Waals surface area contributed by atoms with E-state index in [1.807, 2.05) is 18.2 Å². The lowest BCUT2D eigenvalue weighted by Crippen LogP contribution is -2.48. The normalized spacial score (nSPS) is 17.6. The summed E-state index contributed by atoms with van der Waals surface area (Å²) in [7, 11) is -3.76. The zero-order chi connectivity index (χ0) is 24.0. The number of urea groups is 1. The molecule has 184 valence electrons. The lowest BCUT2D eigenvalue weighted by molar-refractivity contribution is 0.228. The van der Waals surface area contributed by atoms with E-state index in [0.29, 0.717) is 13.0 Å². The SMILES string of the molecule is NS(=O)(=O)c1ccc2c(c1)N(CCC(Cc1ccncc1)NC(=O)NC1CCCCC1)CCC2. The maximum Gasteiger partial charge on any atom is 0.315 e. The van der Waals surface area contributed by atoms with E-state index in [1.165, 1.54) is 19.3 Å². The lowest BCUT2D eigenvalue weighted by atomic mass is 9.96. The van der Waals surface area contributed by atoms with Gasteiger partial charge in [-0.2, -0.15) is 0 Å². The fourth-order valence-electron chi connectivity index (χ4n) is 5.04. The van der Waals surface area contributed by atoms with Crippen LogP contribution in [-0.4, -0.2) is 44.6 Å². The minimum absolute atomic E-state index is 0.0576. The van der Waals surface area contributed by atoms with E-state index in [2.05, 4.69) is 20.5 Å². The number of hydrogen-bond acceptors (Lipinski definition) is 5. The van der Waals surface area contributed by atoms with Gasteiger partial charge < -0.3 is 15.5 Å². The van der Waals surface area contributed by atoms with Crippen molar-refractivity contribution in [3.05, 3.63) is 53.9 Å². The summed E-state index contributed by atoms with van der Waals surface area (Å²) in [6.45, 7) is 1.55. The molecule has 1 aromatic carbocycles. The number of aromatic nitrogens is 1. The number of amides is 2. The molecule has 9 heteroatoms. The number of aryl methyl sites for hydroxylation is 1. The van der Waals surface area contributed by atoms with Crippen LogP contribution in [0.15, 0.2) is 47.6 Å². The average Bonchev–Trinajstić information content (AvgIpc) is 2.83. The summed E-state index contributed by atoms with van der Waals surface area (Å²) in [4.78, 5) is 19.2. The molecule has 0 saturated heterocycles. The molecule has 2 heterocycles. The summed E-state index contributed by atoms with van der Waals surface area (Å²) < 4.78 is 23.8. The smallest absolute Gasteiger partial charge is 0.315 e. The van der Waals surface area contributed by atoms with Crippen molar-refractivity contribution in [1.29, 1.82) is 0 Å². The highest BCUT2D eigenvalue weighted by Gasteiger charge is 2.23. The molecule has 2 aromatic rings. The molecule has 0 spiro atoms. The van der Waals surface area contributed by atoms with E-state index in [-0.39, 0.29) is 23.0 Å². The molecule has 1 unspecified atom stereocenters. The minimum Gasteiger partial charge on any atom is -0.371 e. The first-order valence-corrected chi connectivity index (χ1v) is 13.8. The number of carbonyl (C=O) groups excluding carboxylic acids is 1. The van der Waals surface area contributed by atoms with Gasteiger partial charge in [-0.1, -0.05) is 25.3 Å². The van der Waals surface area contributed by atoms with Crippen molar-refractivity contribution >= 4 is 21.7 Å². The highest BCUT2D eigenvalue weighted by molar-refractivity contribution is 7.89. The summed E-state index contributed by atoms with van der Waals surface area (Å²) in [5.74, 6) is 0. The van der Waals surface area contributed by atoms with E-state index in [0.717, 1.165) is 55.5 Å². The lowest BCUT2D eigenvalue weighted by Gasteiger charge is -2.33. The first-order chi connectivity index (χ1) is 16.4. The second-order valence-corrected chi connectivity index (χ2v) is 11.0. The third kappa shape index (κ3) is 6.70. The monoisotopic (exact) mass is 485 g/mol. The second kappa shape index (κ2) is 11.2. The quantitative estimate of drug-likeness (QED) is 0.531. The standard InChI is InChI=1S/C25H35N5O3S/c26-34(32,33)23-9-8-20-5-4-15-30(24(20)18-23)16-12-22(17-19-10-13-27-14-11-19)29-25(31)28-21-6-2-1-3-7-21/h8-11,13-14,18,21-22H,1-7,12,15-17H2,(H2,26,32,33)(H2,28,29,31). The first kappa shape index (κ1) is 24.5. The number of primary sulfonamides is 1. The van der Waals surface area contributed by atoms with Crippen molar-refractivity contribution in [1.82, 2.24) is 15.6 Å². The van der Waals surface area contributed by atoms with Crippen molar-refractivity contribution in [3.8, 4) is 0 Å². The number of benzene rings is 1. The van der Waals surface area contributed by atoms with Crippen molar-refractivity contribution in [3.63, 3.8) is 0 Å². The third-order valence-corrected chi connectivity index (χ3v) is 7.77. The number of nitrogens with zero attached hydrogens (tertiary/aromatic N) is 2. The van der Waals surface area contributed by atoms with Crippen LogP contribution in [0.4, 0.5) is 10.5 Å². The number of sulfonamides is 1. The summed E-state index contributed by atoms with van der Waals surface area (Å²) in [6, 6.07) is 9.17. The maximum absolute atomic E-state index is 12.8. The van der Waals surface area contributed by atoms with Crippen LogP contribution < -0.4 is 20.7 Å². The van der Waals surface area contributed by atoms with E-state index >= 15 is 0 Å². The molecule has 4 rings (SSSR count). The molecular weight excluding hydrogens is 450 g/mol. The topological polar surface area (TPSA) is 117 Å². The zero-order valence-electron chi connectivity index (χ0n) is 19.6. The summed E-state index contributed by atoms with van der Waals surface area (Å²) in [6.07, 6.45) is 12.6. The number of nitrogens with two attached hydrogens (primary N) is 1. The Balaban J connectivity index is 1.44. The Morgan fingerprint density at radius 2 is 1.88 bits per heavy atom. The molecule has 4 N–H and O–H groups in total.